The Morgan fingerprint density at radius 2 is 1.77 bits per heavy atom. The Morgan fingerprint density at radius 1 is 1.06 bits per heavy atom. The van der Waals surface area contributed by atoms with Gasteiger partial charge < -0.3 is 26.0 Å². The first kappa shape index (κ1) is 25.7. The summed E-state index contributed by atoms with van der Waals surface area (Å²) < 4.78 is 0. The molecule has 0 spiro atoms. The zero-order valence-electron chi connectivity index (χ0n) is 19.8. The number of hydrogen-bond donors (Lipinski definition) is 4. The molecule has 9 heteroatoms. The maximum absolute atomic E-state index is 13.1. The number of nitrogens with zero attached hydrogens (tertiary/aromatic N) is 2. The molecule has 0 atom stereocenters. The van der Waals surface area contributed by atoms with Gasteiger partial charge in [0.1, 0.15) is 0 Å². The molecule has 1 heterocycles. The van der Waals surface area contributed by atoms with E-state index >= 15 is 0 Å². The van der Waals surface area contributed by atoms with Gasteiger partial charge in [0, 0.05) is 43.9 Å². The number of amides is 4. The van der Waals surface area contributed by atoms with Gasteiger partial charge in [-0.05, 0) is 61.1 Å². The predicted octanol–water partition coefficient (Wildman–Crippen LogP) is 2.51. The van der Waals surface area contributed by atoms with Crippen LogP contribution >= 0.6 is 0 Å². The molecule has 2 aromatic carbocycles. The number of nitriles is 1. The van der Waals surface area contributed by atoms with Crippen molar-refractivity contribution in [3.05, 3.63) is 64.7 Å². The van der Waals surface area contributed by atoms with Gasteiger partial charge in [0.25, 0.3) is 5.91 Å². The summed E-state index contributed by atoms with van der Waals surface area (Å²) in [6, 6.07) is 14.6. The molecule has 0 unspecified atom stereocenters. The van der Waals surface area contributed by atoms with Crippen molar-refractivity contribution in [2.24, 2.45) is 0 Å². The molecule has 3 rings (SSSR count). The van der Waals surface area contributed by atoms with Crippen molar-refractivity contribution in [2.45, 2.75) is 32.1 Å². The number of piperidine rings is 1. The minimum atomic E-state index is -0.462. The summed E-state index contributed by atoms with van der Waals surface area (Å²) in [5, 5.41) is 25.6. The fourth-order valence-corrected chi connectivity index (χ4v) is 4.06. The van der Waals surface area contributed by atoms with Crippen molar-refractivity contribution >= 4 is 23.5 Å². The number of carbonyl (C=O) groups is 3. The first-order valence-electron chi connectivity index (χ1n) is 11.7. The highest BCUT2D eigenvalue weighted by Crippen LogP contribution is 2.29. The fourth-order valence-electron chi connectivity index (χ4n) is 4.06. The summed E-state index contributed by atoms with van der Waals surface area (Å²) in [5.74, 6) is 0.0230. The Hall–Kier alpha value is -3.90. The molecule has 184 valence electrons. The van der Waals surface area contributed by atoms with Gasteiger partial charge in [0.05, 0.1) is 18.2 Å². The normalized spacial score (nSPS) is 13.6. The van der Waals surface area contributed by atoms with E-state index in [1.165, 1.54) is 5.56 Å². The standard InChI is InChI=1S/C26H31N5O4/c1-18-2-5-22(16-23(18)30-26(35)29-11-8-24(33)28-12-15-32)25(34)31-13-9-21(10-14-31)20-6-3-19(17-27)4-7-20/h2-7,16,21,32H,8-15H2,1H3,(H,28,33)(H2,29,30,35). The lowest BCUT2D eigenvalue weighted by atomic mass is 9.89. The summed E-state index contributed by atoms with van der Waals surface area (Å²) in [5.41, 5.74) is 3.69. The Morgan fingerprint density at radius 3 is 2.43 bits per heavy atom. The fraction of sp³-hybridized carbons (Fsp3) is 0.385. The first-order valence-corrected chi connectivity index (χ1v) is 11.7. The number of rotatable bonds is 8. The van der Waals surface area contributed by atoms with E-state index in [1.54, 1.807) is 18.2 Å². The van der Waals surface area contributed by atoms with E-state index in [2.05, 4.69) is 22.0 Å². The number of aliphatic hydroxyl groups excluding tert-OH is 1. The summed E-state index contributed by atoms with van der Waals surface area (Å²) in [6.07, 6.45) is 1.80. The van der Waals surface area contributed by atoms with Crippen LogP contribution in [0.4, 0.5) is 10.5 Å². The van der Waals surface area contributed by atoms with Crippen molar-refractivity contribution in [3.63, 3.8) is 0 Å². The average molecular weight is 478 g/mol. The van der Waals surface area contributed by atoms with Gasteiger partial charge in [-0.1, -0.05) is 18.2 Å². The van der Waals surface area contributed by atoms with Gasteiger partial charge in [-0.2, -0.15) is 5.26 Å². The molecule has 4 amide bonds. The van der Waals surface area contributed by atoms with Gasteiger partial charge in [-0.25, -0.2) is 4.79 Å². The molecule has 9 nitrogen and oxygen atoms in total. The third kappa shape index (κ3) is 7.29. The number of benzene rings is 2. The SMILES string of the molecule is Cc1ccc(C(=O)N2CCC(c3ccc(C#N)cc3)CC2)cc1NC(=O)NCCC(=O)NCCO. The topological polar surface area (TPSA) is 135 Å². The Labute approximate surface area is 205 Å². The molecular weight excluding hydrogens is 446 g/mol. The summed E-state index contributed by atoms with van der Waals surface area (Å²) in [4.78, 5) is 38.7. The lowest BCUT2D eigenvalue weighted by Crippen LogP contribution is -2.38. The Bertz CT molecular complexity index is 1090. The van der Waals surface area contributed by atoms with Crippen LogP contribution in [0.25, 0.3) is 0 Å². The number of nitrogens with one attached hydrogen (secondary N) is 3. The molecule has 1 saturated heterocycles. The van der Waals surface area contributed by atoms with Gasteiger partial charge >= 0.3 is 6.03 Å². The van der Waals surface area contributed by atoms with Gasteiger partial charge in [-0.3, -0.25) is 9.59 Å². The van der Waals surface area contributed by atoms with E-state index in [4.69, 9.17) is 10.4 Å². The summed E-state index contributed by atoms with van der Waals surface area (Å²) in [6.45, 7) is 3.31. The number of hydrogen-bond acceptors (Lipinski definition) is 5. The van der Waals surface area contributed by atoms with E-state index in [9.17, 15) is 14.4 Å². The zero-order valence-corrected chi connectivity index (χ0v) is 19.8. The second-order valence-corrected chi connectivity index (χ2v) is 8.53. The molecule has 4 N–H and O–H groups in total. The molecule has 0 radical (unpaired) electrons. The van der Waals surface area contributed by atoms with Crippen LogP contribution < -0.4 is 16.0 Å². The van der Waals surface area contributed by atoms with E-state index in [-0.39, 0.29) is 37.9 Å². The highest BCUT2D eigenvalue weighted by molar-refractivity contribution is 5.97. The third-order valence-electron chi connectivity index (χ3n) is 6.10. The van der Waals surface area contributed by atoms with Crippen LogP contribution in [0.1, 0.15) is 52.2 Å². The van der Waals surface area contributed by atoms with E-state index in [1.807, 2.05) is 36.1 Å². The monoisotopic (exact) mass is 477 g/mol. The van der Waals surface area contributed by atoms with Crippen LogP contribution in [0.2, 0.25) is 0 Å². The number of urea groups is 1. The highest BCUT2D eigenvalue weighted by Gasteiger charge is 2.25. The lowest BCUT2D eigenvalue weighted by Gasteiger charge is -2.32. The van der Waals surface area contributed by atoms with Crippen molar-refractivity contribution in [1.29, 1.82) is 5.26 Å². The lowest BCUT2D eigenvalue weighted by molar-refractivity contribution is -0.121. The van der Waals surface area contributed by atoms with E-state index in [0.29, 0.717) is 35.8 Å². The molecule has 0 bridgehead atoms. The van der Waals surface area contributed by atoms with Crippen molar-refractivity contribution in [1.82, 2.24) is 15.5 Å². The number of anilines is 1. The van der Waals surface area contributed by atoms with Crippen molar-refractivity contribution in [3.8, 4) is 6.07 Å². The van der Waals surface area contributed by atoms with Crippen LogP contribution in [-0.4, -0.2) is 60.6 Å². The highest BCUT2D eigenvalue weighted by atomic mass is 16.3. The molecule has 1 fully saturated rings. The predicted molar refractivity (Wildman–Crippen MR) is 132 cm³/mol. The molecule has 0 saturated carbocycles. The van der Waals surface area contributed by atoms with Crippen LogP contribution in [0, 0.1) is 18.3 Å². The molecular formula is C26H31N5O4. The average Bonchev–Trinajstić information content (AvgIpc) is 2.88. The molecule has 2 aromatic rings. The zero-order chi connectivity index (χ0) is 25.2. The smallest absolute Gasteiger partial charge is 0.319 e. The summed E-state index contributed by atoms with van der Waals surface area (Å²) in [7, 11) is 0. The van der Waals surface area contributed by atoms with Crippen LogP contribution in [0.5, 0.6) is 0 Å². The van der Waals surface area contributed by atoms with Crippen LogP contribution in [0.3, 0.4) is 0 Å². The largest absolute Gasteiger partial charge is 0.395 e. The van der Waals surface area contributed by atoms with Crippen LogP contribution in [0.15, 0.2) is 42.5 Å². The Kier molecular flexibility index (Phi) is 9.21. The number of aryl methyl sites for hydroxylation is 1. The minimum absolute atomic E-state index is 0.0766. The first-order chi connectivity index (χ1) is 16.9. The van der Waals surface area contributed by atoms with Gasteiger partial charge in [-0.15, -0.1) is 0 Å². The maximum Gasteiger partial charge on any atom is 0.319 e. The second-order valence-electron chi connectivity index (χ2n) is 8.53. The molecule has 1 aliphatic heterocycles. The minimum Gasteiger partial charge on any atom is -0.395 e. The van der Waals surface area contributed by atoms with Crippen molar-refractivity contribution < 1.29 is 19.5 Å². The quantitative estimate of drug-likeness (QED) is 0.463. The Balaban J connectivity index is 1.53. The number of likely N-dealkylation sites (tertiary alicyclic amines) is 1. The number of aliphatic hydroxyl groups is 1. The molecule has 0 aliphatic carbocycles. The summed E-state index contributed by atoms with van der Waals surface area (Å²) >= 11 is 0. The molecule has 0 aromatic heterocycles. The maximum atomic E-state index is 13.1. The van der Waals surface area contributed by atoms with Gasteiger partial charge in [0.2, 0.25) is 5.91 Å². The second kappa shape index (κ2) is 12.5. The molecule has 35 heavy (non-hydrogen) atoms. The number of carbonyl (C=O) groups excluding carboxylic acids is 3. The third-order valence-corrected chi connectivity index (χ3v) is 6.10. The van der Waals surface area contributed by atoms with Crippen LogP contribution in [-0.2, 0) is 4.79 Å². The van der Waals surface area contributed by atoms with Crippen molar-refractivity contribution in [2.75, 3.05) is 38.1 Å². The van der Waals surface area contributed by atoms with E-state index in [0.717, 1.165) is 18.4 Å². The van der Waals surface area contributed by atoms with Gasteiger partial charge in [0.15, 0.2) is 0 Å². The molecule has 1 aliphatic rings. The van der Waals surface area contributed by atoms with E-state index < -0.39 is 6.03 Å².